The Balaban J connectivity index is 2.96. The number of hydrogen-bond acceptors (Lipinski definition) is 2. The van der Waals surface area contributed by atoms with Gasteiger partial charge in [0.1, 0.15) is 0 Å². The van der Waals surface area contributed by atoms with Gasteiger partial charge >= 0.3 is 0 Å². The first kappa shape index (κ1) is 8.46. The Labute approximate surface area is 70.4 Å². The number of para-hydroxylation sites is 1. The highest BCUT2D eigenvalue weighted by Crippen LogP contribution is 2.11. The summed E-state index contributed by atoms with van der Waals surface area (Å²) in [6.45, 7) is 1.35. The molecule has 0 aliphatic heterocycles. The molecule has 1 amide bonds. The molecule has 1 aromatic rings. The second kappa shape index (κ2) is 3.67. The van der Waals surface area contributed by atoms with E-state index in [0.717, 1.165) is 0 Å². The minimum absolute atomic E-state index is 0.302. The van der Waals surface area contributed by atoms with E-state index in [0.29, 0.717) is 17.5 Å². The lowest BCUT2D eigenvalue weighted by molar-refractivity contribution is -0.118. The molecule has 1 rings (SSSR count). The van der Waals surface area contributed by atoms with Crippen LogP contribution in [0.25, 0.3) is 0 Å². The predicted octanol–water partition coefficient (Wildman–Crippen LogP) is 1.28. The molecule has 0 atom stereocenters. The number of rotatable bonds is 2. The van der Waals surface area contributed by atoms with E-state index in [-0.39, 0.29) is 5.91 Å². The number of amides is 1. The molecule has 61 valence electrons. The lowest BCUT2D eigenvalue weighted by atomic mass is 10.2. The van der Waals surface area contributed by atoms with Crippen LogP contribution in [0.1, 0.15) is 17.3 Å². The number of hydrogen-bond donors (Lipinski definition) is 0. The van der Waals surface area contributed by atoms with E-state index in [4.69, 9.17) is 0 Å². The Morgan fingerprint density at radius 3 is 2.67 bits per heavy atom. The zero-order valence-corrected chi connectivity index (χ0v) is 6.65. The Hall–Kier alpha value is -1.64. The fourth-order valence-electron chi connectivity index (χ4n) is 0.859. The van der Waals surface area contributed by atoms with Gasteiger partial charge in [0.05, 0.1) is 5.69 Å². The normalized spacial score (nSPS) is 9.08. The van der Waals surface area contributed by atoms with E-state index in [1.165, 1.54) is 6.92 Å². The minimum atomic E-state index is -0.302. The Morgan fingerprint density at radius 2 is 2.08 bits per heavy atom. The standard InChI is InChI=1S/C9H8NO2/c1-7(12)10-9-5-3-2-4-8(9)6-11/h2-6H,1H3. The average Bonchev–Trinajstić information content (AvgIpc) is 2.04. The van der Waals surface area contributed by atoms with E-state index in [1.54, 1.807) is 24.3 Å². The first-order valence-corrected chi connectivity index (χ1v) is 3.50. The van der Waals surface area contributed by atoms with Crippen LogP contribution in [0.2, 0.25) is 0 Å². The molecule has 0 N–H and O–H groups in total. The summed E-state index contributed by atoms with van der Waals surface area (Å²) in [4.78, 5) is 21.0. The van der Waals surface area contributed by atoms with Gasteiger partial charge in [-0.2, -0.15) is 0 Å². The van der Waals surface area contributed by atoms with Crippen LogP contribution in [0.4, 0.5) is 5.69 Å². The molecule has 3 nitrogen and oxygen atoms in total. The average molecular weight is 162 g/mol. The fraction of sp³-hybridized carbons (Fsp3) is 0.111. The lowest BCUT2D eigenvalue weighted by Gasteiger charge is -1.99. The number of benzene rings is 1. The molecule has 0 unspecified atom stereocenters. The monoisotopic (exact) mass is 162 g/mol. The van der Waals surface area contributed by atoms with Gasteiger partial charge in [-0.05, 0) is 12.1 Å². The number of carbonyl (C=O) groups excluding carboxylic acids is 2. The van der Waals surface area contributed by atoms with E-state index < -0.39 is 0 Å². The molecule has 0 aliphatic carbocycles. The molecule has 12 heavy (non-hydrogen) atoms. The van der Waals surface area contributed by atoms with Crippen molar-refractivity contribution in [1.29, 1.82) is 0 Å². The Kier molecular flexibility index (Phi) is 2.58. The van der Waals surface area contributed by atoms with Crippen molar-refractivity contribution in [2.75, 3.05) is 0 Å². The van der Waals surface area contributed by atoms with Gasteiger partial charge in [-0.15, -0.1) is 0 Å². The summed E-state index contributed by atoms with van der Waals surface area (Å²) in [5, 5.41) is 3.66. The summed E-state index contributed by atoms with van der Waals surface area (Å²) in [6.07, 6.45) is 0.682. The fourth-order valence-corrected chi connectivity index (χ4v) is 0.859. The SMILES string of the molecule is CC(=O)[N]c1ccccc1C=O. The van der Waals surface area contributed by atoms with Crippen LogP contribution in [-0.2, 0) is 4.79 Å². The summed E-state index contributed by atoms with van der Waals surface area (Å²) in [6, 6.07) is 6.71. The molecule has 0 fully saturated rings. The number of nitrogens with zero attached hydrogens (tertiary/aromatic N) is 1. The van der Waals surface area contributed by atoms with Crippen LogP contribution >= 0.6 is 0 Å². The molecule has 0 heterocycles. The largest absolute Gasteiger partial charge is 0.298 e. The van der Waals surface area contributed by atoms with Crippen LogP contribution < -0.4 is 5.32 Å². The smallest absolute Gasteiger partial charge is 0.243 e. The first-order chi connectivity index (χ1) is 5.74. The molecule has 0 saturated heterocycles. The highest BCUT2D eigenvalue weighted by Gasteiger charge is 2.02. The maximum absolute atomic E-state index is 10.6. The molecular formula is C9H8NO2. The summed E-state index contributed by atoms with van der Waals surface area (Å²) in [5.41, 5.74) is 0.868. The molecule has 1 aromatic carbocycles. The van der Waals surface area contributed by atoms with Crippen LogP contribution in [0, 0.1) is 0 Å². The van der Waals surface area contributed by atoms with Gasteiger partial charge < -0.3 is 0 Å². The second-order valence-corrected chi connectivity index (χ2v) is 2.31. The molecular weight excluding hydrogens is 154 g/mol. The summed E-state index contributed by atoms with van der Waals surface area (Å²) >= 11 is 0. The summed E-state index contributed by atoms with van der Waals surface area (Å²) in [7, 11) is 0. The van der Waals surface area contributed by atoms with Crippen LogP contribution in [0.3, 0.4) is 0 Å². The van der Waals surface area contributed by atoms with Crippen molar-refractivity contribution in [2.24, 2.45) is 0 Å². The third-order valence-electron chi connectivity index (χ3n) is 1.34. The zero-order valence-electron chi connectivity index (χ0n) is 6.65. The van der Waals surface area contributed by atoms with Gasteiger partial charge in [-0.25, -0.2) is 5.32 Å². The zero-order chi connectivity index (χ0) is 8.97. The van der Waals surface area contributed by atoms with Gasteiger partial charge in [0.15, 0.2) is 6.29 Å². The number of carbonyl (C=O) groups is 2. The van der Waals surface area contributed by atoms with Crippen LogP contribution in [0.5, 0.6) is 0 Å². The maximum atomic E-state index is 10.6. The van der Waals surface area contributed by atoms with Crippen molar-refractivity contribution in [3.8, 4) is 0 Å². The van der Waals surface area contributed by atoms with Crippen molar-refractivity contribution in [3.63, 3.8) is 0 Å². The van der Waals surface area contributed by atoms with E-state index >= 15 is 0 Å². The van der Waals surface area contributed by atoms with E-state index in [9.17, 15) is 9.59 Å². The number of aldehydes is 1. The summed E-state index contributed by atoms with van der Waals surface area (Å²) in [5.74, 6) is -0.302. The van der Waals surface area contributed by atoms with Gasteiger partial charge in [-0.1, -0.05) is 12.1 Å². The molecule has 3 heteroatoms. The quantitative estimate of drug-likeness (QED) is 0.615. The van der Waals surface area contributed by atoms with E-state index in [2.05, 4.69) is 5.32 Å². The Bertz CT molecular complexity index is 307. The minimum Gasteiger partial charge on any atom is -0.298 e. The lowest BCUT2D eigenvalue weighted by Crippen LogP contribution is -2.06. The molecule has 0 aromatic heterocycles. The maximum Gasteiger partial charge on any atom is 0.243 e. The predicted molar refractivity (Wildman–Crippen MR) is 44.3 cm³/mol. The van der Waals surface area contributed by atoms with Gasteiger partial charge in [0.2, 0.25) is 5.91 Å². The second-order valence-electron chi connectivity index (χ2n) is 2.31. The topological polar surface area (TPSA) is 48.2 Å². The van der Waals surface area contributed by atoms with Gasteiger partial charge in [0.25, 0.3) is 0 Å². The molecule has 1 radical (unpaired) electrons. The van der Waals surface area contributed by atoms with Crippen molar-refractivity contribution < 1.29 is 9.59 Å². The van der Waals surface area contributed by atoms with Crippen LogP contribution in [0.15, 0.2) is 24.3 Å². The highest BCUT2D eigenvalue weighted by molar-refractivity contribution is 5.87. The van der Waals surface area contributed by atoms with Gasteiger partial charge in [0, 0.05) is 12.5 Å². The Morgan fingerprint density at radius 1 is 1.42 bits per heavy atom. The van der Waals surface area contributed by atoms with E-state index in [1.807, 2.05) is 0 Å². The third-order valence-corrected chi connectivity index (χ3v) is 1.34. The molecule has 0 bridgehead atoms. The van der Waals surface area contributed by atoms with Crippen molar-refractivity contribution in [2.45, 2.75) is 6.92 Å². The first-order valence-electron chi connectivity index (χ1n) is 3.50. The third kappa shape index (κ3) is 1.92. The van der Waals surface area contributed by atoms with Crippen LogP contribution in [-0.4, -0.2) is 12.2 Å². The molecule has 0 spiro atoms. The highest BCUT2D eigenvalue weighted by atomic mass is 16.1. The molecule has 0 aliphatic rings. The summed E-state index contributed by atoms with van der Waals surface area (Å²) < 4.78 is 0. The van der Waals surface area contributed by atoms with Gasteiger partial charge in [-0.3, -0.25) is 9.59 Å². The molecule has 0 saturated carbocycles. The van der Waals surface area contributed by atoms with Crippen molar-refractivity contribution in [1.82, 2.24) is 5.32 Å². The van der Waals surface area contributed by atoms with Crippen molar-refractivity contribution >= 4 is 17.9 Å². The van der Waals surface area contributed by atoms with Crippen molar-refractivity contribution in [3.05, 3.63) is 29.8 Å².